The van der Waals surface area contributed by atoms with E-state index in [-0.39, 0.29) is 11.9 Å². The molecule has 0 saturated heterocycles. The van der Waals surface area contributed by atoms with Gasteiger partial charge in [0.05, 0.1) is 24.8 Å². The minimum absolute atomic E-state index is 0.135. The molecular weight excluding hydrogens is 278 g/mol. The van der Waals surface area contributed by atoms with Gasteiger partial charge in [0.15, 0.2) is 0 Å². The Morgan fingerprint density at radius 2 is 2.09 bits per heavy atom. The van der Waals surface area contributed by atoms with E-state index in [1.54, 1.807) is 6.20 Å². The van der Waals surface area contributed by atoms with Gasteiger partial charge in [-0.3, -0.25) is 14.4 Å². The summed E-state index contributed by atoms with van der Waals surface area (Å²) < 4.78 is 7.14. The van der Waals surface area contributed by atoms with Crippen LogP contribution in [0, 0.1) is 5.92 Å². The van der Waals surface area contributed by atoms with Crippen LogP contribution in [0.3, 0.4) is 0 Å². The van der Waals surface area contributed by atoms with Gasteiger partial charge in [0.2, 0.25) is 0 Å². The third kappa shape index (κ3) is 3.36. The number of carbonyl (C=O) groups excluding carboxylic acids is 1. The molecule has 0 aliphatic carbocycles. The summed E-state index contributed by atoms with van der Waals surface area (Å²) in [5.74, 6) is -0.311. The molecule has 1 aromatic carbocycles. The first-order valence-corrected chi connectivity index (χ1v) is 7.70. The molecule has 1 aromatic heterocycles. The molecule has 116 valence electrons. The summed E-state index contributed by atoms with van der Waals surface area (Å²) in [6.45, 7) is 5.16. The number of carbonyl (C=O) groups is 1. The van der Waals surface area contributed by atoms with Gasteiger partial charge >= 0.3 is 5.97 Å². The van der Waals surface area contributed by atoms with Crippen molar-refractivity contribution in [1.29, 1.82) is 0 Å². The van der Waals surface area contributed by atoms with Gasteiger partial charge < -0.3 is 4.74 Å². The molecule has 1 aliphatic rings. The van der Waals surface area contributed by atoms with Crippen LogP contribution in [0.25, 0.3) is 0 Å². The van der Waals surface area contributed by atoms with E-state index in [0.717, 1.165) is 18.8 Å². The first-order chi connectivity index (χ1) is 10.8. The van der Waals surface area contributed by atoms with E-state index in [9.17, 15) is 4.79 Å². The van der Waals surface area contributed by atoms with Crippen LogP contribution in [-0.4, -0.2) is 33.8 Å². The SMILES string of the molecule is CCOC(=O)[C@@H]1CN(Cc2ccccc2)Cc2ccnn2C1. The zero-order valence-electron chi connectivity index (χ0n) is 12.8. The highest BCUT2D eigenvalue weighted by molar-refractivity contribution is 5.72. The molecule has 5 heteroatoms. The Morgan fingerprint density at radius 1 is 1.27 bits per heavy atom. The summed E-state index contributed by atoms with van der Waals surface area (Å²) in [6, 6.07) is 12.3. The van der Waals surface area contributed by atoms with E-state index in [1.165, 1.54) is 5.56 Å². The smallest absolute Gasteiger partial charge is 0.312 e. The standard InChI is InChI=1S/C17H21N3O2/c1-2-22-17(21)15-11-19(10-14-6-4-3-5-7-14)13-16-8-9-18-20(16)12-15/h3-9,15H,2,10-13H2,1H3/t15-/m1/s1. The summed E-state index contributed by atoms with van der Waals surface area (Å²) in [5.41, 5.74) is 2.39. The zero-order valence-corrected chi connectivity index (χ0v) is 12.8. The topological polar surface area (TPSA) is 47.4 Å². The number of rotatable bonds is 4. The Kier molecular flexibility index (Phi) is 4.53. The fourth-order valence-corrected chi connectivity index (χ4v) is 2.90. The summed E-state index contributed by atoms with van der Waals surface area (Å²) in [5, 5.41) is 4.33. The molecule has 0 spiro atoms. The van der Waals surface area contributed by atoms with E-state index < -0.39 is 0 Å². The van der Waals surface area contributed by atoms with Gasteiger partial charge in [-0.15, -0.1) is 0 Å². The lowest BCUT2D eigenvalue weighted by molar-refractivity contribution is -0.149. The van der Waals surface area contributed by atoms with Crippen LogP contribution in [0.5, 0.6) is 0 Å². The van der Waals surface area contributed by atoms with Crippen molar-refractivity contribution in [2.45, 2.75) is 26.6 Å². The highest BCUT2D eigenvalue weighted by atomic mass is 16.5. The van der Waals surface area contributed by atoms with E-state index in [0.29, 0.717) is 19.7 Å². The molecule has 1 aliphatic heterocycles. The second kappa shape index (κ2) is 6.75. The van der Waals surface area contributed by atoms with Gasteiger partial charge in [-0.1, -0.05) is 30.3 Å². The molecule has 5 nitrogen and oxygen atoms in total. The first-order valence-electron chi connectivity index (χ1n) is 7.70. The van der Waals surface area contributed by atoms with Crippen LogP contribution in [0.15, 0.2) is 42.6 Å². The van der Waals surface area contributed by atoms with Crippen molar-refractivity contribution in [1.82, 2.24) is 14.7 Å². The molecule has 0 saturated carbocycles. The van der Waals surface area contributed by atoms with Gasteiger partial charge in [0.1, 0.15) is 0 Å². The van der Waals surface area contributed by atoms with E-state index in [4.69, 9.17) is 4.74 Å². The minimum Gasteiger partial charge on any atom is -0.466 e. The lowest BCUT2D eigenvalue weighted by Gasteiger charge is -2.22. The molecule has 2 aromatic rings. The molecule has 0 unspecified atom stereocenters. The Bertz CT molecular complexity index is 624. The van der Waals surface area contributed by atoms with E-state index >= 15 is 0 Å². The van der Waals surface area contributed by atoms with Crippen molar-refractivity contribution in [3.8, 4) is 0 Å². The Hall–Kier alpha value is -2.14. The number of nitrogens with zero attached hydrogens (tertiary/aromatic N) is 3. The van der Waals surface area contributed by atoms with Crippen LogP contribution in [-0.2, 0) is 29.2 Å². The maximum atomic E-state index is 12.2. The summed E-state index contributed by atoms with van der Waals surface area (Å²) >= 11 is 0. The average Bonchev–Trinajstić information content (AvgIpc) is 2.87. The van der Waals surface area contributed by atoms with Crippen LogP contribution < -0.4 is 0 Å². The zero-order chi connectivity index (χ0) is 15.4. The highest BCUT2D eigenvalue weighted by Gasteiger charge is 2.28. The summed E-state index contributed by atoms with van der Waals surface area (Å²) in [4.78, 5) is 14.5. The predicted molar refractivity (Wildman–Crippen MR) is 82.9 cm³/mol. The van der Waals surface area contributed by atoms with Crippen LogP contribution in [0.4, 0.5) is 0 Å². The monoisotopic (exact) mass is 299 g/mol. The maximum Gasteiger partial charge on any atom is 0.312 e. The molecular formula is C17H21N3O2. The predicted octanol–water partition coefficient (Wildman–Crippen LogP) is 2.08. The molecule has 0 bridgehead atoms. The number of fused-ring (bicyclic) bond motifs is 1. The first kappa shape index (κ1) is 14.8. The van der Waals surface area contributed by atoms with Crippen LogP contribution in [0.1, 0.15) is 18.2 Å². The van der Waals surface area contributed by atoms with Gasteiger partial charge in [-0.05, 0) is 18.6 Å². The lowest BCUT2D eigenvalue weighted by Crippen LogP contribution is -2.33. The van der Waals surface area contributed by atoms with Crippen molar-refractivity contribution >= 4 is 5.97 Å². The number of hydrogen-bond donors (Lipinski definition) is 0. The second-order valence-corrected chi connectivity index (χ2v) is 5.61. The van der Waals surface area contributed by atoms with Gasteiger partial charge in [-0.2, -0.15) is 5.10 Å². The summed E-state index contributed by atoms with van der Waals surface area (Å²) in [7, 11) is 0. The minimum atomic E-state index is -0.176. The average molecular weight is 299 g/mol. The molecule has 0 amide bonds. The van der Waals surface area contributed by atoms with Crippen molar-refractivity contribution in [3.05, 3.63) is 53.9 Å². The van der Waals surface area contributed by atoms with Crippen LogP contribution >= 0.6 is 0 Å². The molecule has 2 heterocycles. The molecule has 0 N–H and O–H groups in total. The Morgan fingerprint density at radius 3 is 2.86 bits per heavy atom. The number of ether oxygens (including phenoxy) is 1. The van der Waals surface area contributed by atoms with Crippen molar-refractivity contribution in [2.75, 3.05) is 13.2 Å². The van der Waals surface area contributed by atoms with Crippen molar-refractivity contribution in [3.63, 3.8) is 0 Å². The number of hydrogen-bond acceptors (Lipinski definition) is 4. The van der Waals surface area contributed by atoms with Gasteiger partial charge in [-0.25, -0.2) is 0 Å². The molecule has 0 fully saturated rings. The third-order valence-electron chi connectivity index (χ3n) is 3.93. The second-order valence-electron chi connectivity index (χ2n) is 5.61. The third-order valence-corrected chi connectivity index (χ3v) is 3.93. The van der Waals surface area contributed by atoms with E-state index in [1.807, 2.05) is 35.9 Å². The highest BCUT2D eigenvalue weighted by Crippen LogP contribution is 2.19. The molecule has 0 radical (unpaired) electrons. The Balaban J connectivity index is 1.79. The van der Waals surface area contributed by atoms with Crippen molar-refractivity contribution < 1.29 is 9.53 Å². The molecule has 3 rings (SSSR count). The van der Waals surface area contributed by atoms with Crippen molar-refractivity contribution in [2.24, 2.45) is 5.92 Å². The quantitative estimate of drug-likeness (QED) is 0.811. The maximum absolute atomic E-state index is 12.2. The number of benzene rings is 1. The van der Waals surface area contributed by atoms with E-state index in [2.05, 4.69) is 22.1 Å². The van der Waals surface area contributed by atoms with Gasteiger partial charge in [0, 0.05) is 25.8 Å². The fraction of sp³-hybridized carbons (Fsp3) is 0.412. The number of esters is 1. The molecule has 1 atom stereocenters. The normalized spacial score (nSPS) is 18.5. The number of aromatic nitrogens is 2. The summed E-state index contributed by atoms with van der Waals surface area (Å²) in [6.07, 6.45) is 1.80. The largest absolute Gasteiger partial charge is 0.466 e. The van der Waals surface area contributed by atoms with Gasteiger partial charge in [0.25, 0.3) is 0 Å². The molecule has 22 heavy (non-hydrogen) atoms. The Labute approximate surface area is 130 Å². The lowest BCUT2D eigenvalue weighted by atomic mass is 10.1. The fourth-order valence-electron chi connectivity index (χ4n) is 2.90. The van der Waals surface area contributed by atoms with Crippen LogP contribution in [0.2, 0.25) is 0 Å².